The fraction of sp³-hybridized carbons (Fsp3) is 0.467. The summed E-state index contributed by atoms with van der Waals surface area (Å²) in [7, 11) is 0. The zero-order valence-corrected chi connectivity index (χ0v) is 13.1. The Balaban J connectivity index is 2.25. The van der Waals surface area contributed by atoms with Crippen LogP contribution in [0.3, 0.4) is 0 Å². The first kappa shape index (κ1) is 15.9. The lowest BCUT2D eigenvalue weighted by Gasteiger charge is -2.19. The van der Waals surface area contributed by atoms with Crippen LogP contribution in [0.5, 0.6) is 0 Å². The second kappa shape index (κ2) is 7.00. The topological polar surface area (TPSA) is 51.0 Å². The van der Waals surface area contributed by atoms with Gasteiger partial charge in [0.15, 0.2) is 0 Å². The van der Waals surface area contributed by atoms with E-state index in [0.717, 1.165) is 13.0 Å². The van der Waals surface area contributed by atoms with E-state index in [9.17, 15) is 4.39 Å². The van der Waals surface area contributed by atoms with Gasteiger partial charge in [-0.1, -0.05) is 30.6 Å². The number of aromatic nitrogens is 2. The molecule has 1 aromatic heterocycles. The van der Waals surface area contributed by atoms with Gasteiger partial charge >= 0.3 is 0 Å². The van der Waals surface area contributed by atoms with Crippen LogP contribution in [-0.4, -0.2) is 22.7 Å². The molecule has 1 N–H and O–H groups in total. The van der Waals surface area contributed by atoms with E-state index < -0.39 is 5.82 Å². The van der Waals surface area contributed by atoms with E-state index in [1.807, 2.05) is 0 Å². The smallest absolute Gasteiger partial charge is 0.231 e. The molecule has 2 atom stereocenters. The molecule has 0 saturated heterocycles. The highest BCUT2D eigenvalue weighted by Crippen LogP contribution is 2.26. The maximum Gasteiger partial charge on any atom is 0.231 e. The van der Waals surface area contributed by atoms with Crippen molar-refractivity contribution in [2.75, 3.05) is 6.54 Å². The summed E-state index contributed by atoms with van der Waals surface area (Å²) in [6.45, 7) is 7.11. The average molecular weight is 312 g/mol. The first-order valence-electron chi connectivity index (χ1n) is 7.09. The van der Waals surface area contributed by atoms with Gasteiger partial charge in [-0.15, -0.1) is 0 Å². The molecule has 0 radical (unpaired) electrons. The molecule has 0 spiro atoms. The van der Waals surface area contributed by atoms with Gasteiger partial charge in [0.05, 0.1) is 10.9 Å². The number of nitrogens with zero attached hydrogens (tertiary/aromatic N) is 2. The number of benzene rings is 1. The van der Waals surface area contributed by atoms with Crippen molar-refractivity contribution in [3.8, 4) is 11.4 Å². The minimum absolute atomic E-state index is 0.0481. The Hall–Kier alpha value is -1.46. The van der Waals surface area contributed by atoms with E-state index in [1.54, 1.807) is 6.07 Å². The Morgan fingerprint density at radius 2 is 2.14 bits per heavy atom. The first-order chi connectivity index (χ1) is 10.1. The van der Waals surface area contributed by atoms with Crippen molar-refractivity contribution in [3.05, 3.63) is 34.9 Å². The van der Waals surface area contributed by atoms with Gasteiger partial charge in [-0.3, -0.25) is 0 Å². The van der Waals surface area contributed by atoms with Gasteiger partial charge in [0.1, 0.15) is 5.82 Å². The van der Waals surface area contributed by atoms with E-state index in [4.69, 9.17) is 16.1 Å². The molecule has 4 nitrogen and oxygen atoms in total. The number of rotatable bonds is 6. The molecule has 114 valence electrons. The highest BCUT2D eigenvalue weighted by atomic mass is 35.5. The summed E-state index contributed by atoms with van der Waals surface area (Å²) in [6, 6.07) is 4.63. The van der Waals surface area contributed by atoms with Crippen LogP contribution in [0.15, 0.2) is 22.7 Å². The van der Waals surface area contributed by atoms with E-state index in [-0.39, 0.29) is 17.0 Å². The zero-order valence-electron chi connectivity index (χ0n) is 12.4. The molecule has 6 heteroatoms. The van der Waals surface area contributed by atoms with Crippen molar-refractivity contribution < 1.29 is 8.91 Å². The highest BCUT2D eigenvalue weighted by molar-refractivity contribution is 6.31. The zero-order chi connectivity index (χ0) is 15.4. The number of hydrogen-bond acceptors (Lipinski definition) is 4. The van der Waals surface area contributed by atoms with Crippen LogP contribution in [0.2, 0.25) is 5.02 Å². The number of nitrogens with one attached hydrogen (secondary N) is 1. The normalized spacial score (nSPS) is 14.1. The molecule has 0 fully saturated rings. The van der Waals surface area contributed by atoms with Crippen molar-refractivity contribution in [1.82, 2.24) is 15.5 Å². The molecule has 1 aromatic carbocycles. The lowest BCUT2D eigenvalue weighted by Crippen LogP contribution is -2.31. The molecular formula is C15H19ClFN3O. The van der Waals surface area contributed by atoms with Crippen molar-refractivity contribution in [1.29, 1.82) is 0 Å². The predicted octanol–water partition coefficient (Wildman–Crippen LogP) is 4.02. The number of likely N-dealkylation sites (N-methyl/N-ethyl adjacent to an activating group) is 1. The second-order valence-electron chi connectivity index (χ2n) is 4.95. The Morgan fingerprint density at radius 3 is 2.76 bits per heavy atom. The van der Waals surface area contributed by atoms with E-state index in [1.165, 1.54) is 12.1 Å². The Bertz CT molecular complexity index is 602. The molecule has 21 heavy (non-hydrogen) atoms. The molecule has 1 heterocycles. The summed E-state index contributed by atoms with van der Waals surface area (Å²) in [6.07, 6.45) is 0.889. The summed E-state index contributed by atoms with van der Waals surface area (Å²) >= 11 is 5.78. The van der Waals surface area contributed by atoms with E-state index in [0.29, 0.717) is 17.3 Å². The van der Waals surface area contributed by atoms with Crippen LogP contribution in [0.25, 0.3) is 11.4 Å². The average Bonchev–Trinajstić information content (AvgIpc) is 2.92. The fourth-order valence-electron chi connectivity index (χ4n) is 2.34. The Kier molecular flexibility index (Phi) is 5.31. The molecule has 0 aliphatic rings. The molecule has 0 bridgehead atoms. The molecular weight excluding hydrogens is 293 g/mol. The second-order valence-corrected chi connectivity index (χ2v) is 5.35. The fourth-order valence-corrected chi connectivity index (χ4v) is 2.53. The maximum absolute atomic E-state index is 13.2. The summed E-state index contributed by atoms with van der Waals surface area (Å²) < 4.78 is 18.6. The Morgan fingerprint density at radius 1 is 1.38 bits per heavy atom. The van der Waals surface area contributed by atoms with Crippen molar-refractivity contribution in [2.45, 2.75) is 39.2 Å². The monoisotopic (exact) mass is 311 g/mol. The third-order valence-corrected chi connectivity index (χ3v) is 3.80. The Labute approximate surface area is 128 Å². The van der Waals surface area contributed by atoms with Crippen LogP contribution >= 0.6 is 11.6 Å². The van der Waals surface area contributed by atoms with Crippen molar-refractivity contribution >= 4 is 11.6 Å². The van der Waals surface area contributed by atoms with Crippen LogP contribution < -0.4 is 5.32 Å². The lowest BCUT2D eigenvalue weighted by molar-refractivity contribution is 0.318. The van der Waals surface area contributed by atoms with Crippen molar-refractivity contribution in [2.24, 2.45) is 0 Å². The van der Waals surface area contributed by atoms with Gasteiger partial charge in [-0.25, -0.2) is 4.39 Å². The summed E-state index contributed by atoms with van der Waals surface area (Å²) in [4.78, 5) is 4.43. The van der Waals surface area contributed by atoms with E-state index in [2.05, 4.69) is 36.2 Å². The molecule has 0 aliphatic carbocycles. The highest BCUT2D eigenvalue weighted by Gasteiger charge is 2.23. The minimum Gasteiger partial charge on any atom is -0.339 e. The van der Waals surface area contributed by atoms with Crippen LogP contribution in [0.4, 0.5) is 4.39 Å². The molecule has 2 unspecified atom stereocenters. The minimum atomic E-state index is -0.462. The number of hydrogen-bond donors (Lipinski definition) is 1. The van der Waals surface area contributed by atoms with Gasteiger partial charge in [0.25, 0.3) is 0 Å². The summed E-state index contributed by atoms with van der Waals surface area (Å²) in [5, 5.41) is 7.38. The van der Waals surface area contributed by atoms with Gasteiger partial charge in [-0.05, 0) is 38.1 Å². The maximum atomic E-state index is 13.2. The largest absolute Gasteiger partial charge is 0.339 e. The van der Waals surface area contributed by atoms with E-state index >= 15 is 0 Å². The molecule has 0 saturated carbocycles. The first-order valence-corrected chi connectivity index (χ1v) is 7.47. The lowest BCUT2D eigenvalue weighted by atomic mass is 9.98. The van der Waals surface area contributed by atoms with Crippen molar-refractivity contribution in [3.63, 3.8) is 0 Å². The quantitative estimate of drug-likeness (QED) is 0.875. The number of halogens is 2. The third-order valence-electron chi connectivity index (χ3n) is 3.51. The molecule has 0 aliphatic heterocycles. The van der Waals surface area contributed by atoms with Gasteiger partial charge in [-0.2, -0.15) is 4.98 Å². The van der Waals surface area contributed by atoms with Crippen LogP contribution in [0, 0.1) is 5.82 Å². The van der Waals surface area contributed by atoms with Gasteiger partial charge in [0.2, 0.25) is 11.7 Å². The molecule has 2 rings (SSSR count). The molecule has 2 aromatic rings. The standard InChI is InChI=1S/C15H19ClFN3O/c1-4-11(9(3)18-5-2)15-19-14(20-21-15)10-6-7-13(17)12(16)8-10/h6-9,11,18H,4-5H2,1-3H3. The molecule has 0 amide bonds. The SMILES string of the molecule is CCNC(C)C(CC)c1nc(-c2ccc(F)c(Cl)c2)no1. The summed E-state index contributed by atoms with van der Waals surface area (Å²) in [5.41, 5.74) is 0.641. The van der Waals surface area contributed by atoms with Crippen LogP contribution in [-0.2, 0) is 0 Å². The predicted molar refractivity (Wildman–Crippen MR) is 80.9 cm³/mol. The van der Waals surface area contributed by atoms with Crippen LogP contribution in [0.1, 0.15) is 39.0 Å². The van der Waals surface area contributed by atoms with Gasteiger partial charge < -0.3 is 9.84 Å². The summed E-state index contributed by atoms with van der Waals surface area (Å²) in [5.74, 6) is 0.689. The van der Waals surface area contributed by atoms with Gasteiger partial charge in [0, 0.05) is 11.6 Å². The third kappa shape index (κ3) is 3.60.